The molecule has 32 heavy (non-hydrogen) atoms. The highest BCUT2D eigenvalue weighted by Gasteiger charge is 2.54. The fourth-order valence-electron chi connectivity index (χ4n) is 3.83. The van der Waals surface area contributed by atoms with Crippen molar-refractivity contribution in [1.82, 2.24) is 4.98 Å². The van der Waals surface area contributed by atoms with E-state index in [4.69, 9.17) is 14.0 Å². The number of thiophene rings is 1. The van der Waals surface area contributed by atoms with Crippen LogP contribution in [0.4, 0.5) is 8.78 Å². The molecule has 3 heterocycles. The fraction of sp³-hybridized carbons (Fsp3) is 0.455. The molecule has 0 bridgehead atoms. The zero-order valence-corrected chi connectivity index (χ0v) is 20.0. The molecule has 10 heteroatoms. The van der Waals surface area contributed by atoms with Gasteiger partial charge in [0, 0.05) is 15.9 Å². The highest BCUT2D eigenvalue weighted by Crippen LogP contribution is 2.53. The lowest BCUT2D eigenvalue weighted by molar-refractivity contribution is -0.143. The Morgan fingerprint density at radius 3 is 2.28 bits per heavy atom. The van der Waals surface area contributed by atoms with Gasteiger partial charge in [-0.2, -0.15) is 0 Å². The molecule has 5 rings (SSSR count). The summed E-state index contributed by atoms with van der Waals surface area (Å²) in [5.41, 5.74) is -1.76. The molecular weight excluding hydrogens is 455 g/mol. The summed E-state index contributed by atoms with van der Waals surface area (Å²) < 4.78 is 47.6. The minimum Gasteiger partial charge on any atom is -0.468 e. The lowest BCUT2D eigenvalue weighted by Gasteiger charge is -2.32. The van der Waals surface area contributed by atoms with Gasteiger partial charge in [-0.1, -0.05) is 0 Å². The lowest BCUT2D eigenvalue weighted by Crippen LogP contribution is -2.41. The number of benzene rings is 1. The van der Waals surface area contributed by atoms with Crippen molar-refractivity contribution in [3.8, 4) is 10.6 Å². The number of rotatable bonds is 4. The van der Waals surface area contributed by atoms with Crippen LogP contribution in [-0.2, 0) is 24.3 Å². The Balaban J connectivity index is 1.46. The zero-order valence-electron chi connectivity index (χ0n) is 18.4. The van der Waals surface area contributed by atoms with Crippen LogP contribution in [0.25, 0.3) is 20.1 Å². The van der Waals surface area contributed by atoms with E-state index in [1.807, 2.05) is 33.8 Å². The van der Waals surface area contributed by atoms with Gasteiger partial charge in [0.15, 0.2) is 0 Å². The number of esters is 1. The van der Waals surface area contributed by atoms with Gasteiger partial charge >= 0.3 is 13.1 Å². The number of thiazole rings is 1. The molecule has 1 aliphatic carbocycles. The largest absolute Gasteiger partial charge is 0.497 e. The molecule has 0 radical (unpaired) electrons. The molecule has 1 aromatic carbocycles. The van der Waals surface area contributed by atoms with Gasteiger partial charge in [-0.05, 0) is 58.7 Å². The van der Waals surface area contributed by atoms with Crippen LogP contribution in [0.15, 0.2) is 18.2 Å². The maximum Gasteiger partial charge on any atom is 0.497 e. The third-order valence-corrected chi connectivity index (χ3v) is 9.11. The molecule has 1 saturated carbocycles. The van der Waals surface area contributed by atoms with Gasteiger partial charge in [-0.25, -0.2) is 13.8 Å². The molecule has 1 aliphatic heterocycles. The average molecular weight is 477 g/mol. The van der Waals surface area contributed by atoms with Gasteiger partial charge in [0.05, 0.1) is 23.0 Å². The molecule has 2 fully saturated rings. The van der Waals surface area contributed by atoms with E-state index < -0.39 is 35.4 Å². The number of nitrogens with zero attached hydrogens (tertiary/aromatic N) is 1. The number of ether oxygens (including phenoxy) is 1. The molecule has 0 amide bonds. The van der Waals surface area contributed by atoms with E-state index in [0.29, 0.717) is 9.84 Å². The topological polar surface area (TPSA) is 57.7 Å². The molecule has 0 atom stereocenters. The molecule has 0 unspecified atom stereocenters. The second-order valence-electron chi connectivity index (χ2n) is 9.31. The van der Waals surface area contributed by atoms with E-state index >= 15 is 8.78 Å². The predicted molar refractivity (Wildman–Crippen MR) is 121 cm³/mol. The van der Waals surface area contributed by atoms with Crippen molar-refractivity contribution in [2.45, 2.75) is 57.2 Å². The van der Waals surface area contributed by atoms with Crippen molar-refractivity contribution < 1.29 is 27.6 Å². The van der Waals surface area contributed by atoms with Gasteiger partial charge < -0.3 is 14.0 Å². The Kier molecular flexibility index (Phi) is 4.84. The number of methoxy groups -OCH3 is 1. The summed E-state index contributed by atoms with van der Waals surface area (Å²) in [6, 6.07) is 4.19. The van der Waals surface area contributed by atoms with E-state index in [2.05, 4.69) is 4.98 Å². The molecular formula is C22H22BF2NO4S2. The van der Waals surface area contributed by atoms with Crippen LogP contribution < -0.4 is 5.46 Å². The fourth-order valence-corrected chi connectivity index (χ4v) is 6.30. The van der Waals surface area contributed by atoms with Crippen LogP contribution >= 0.6 is 22.7 Å². The maximum atomic E-state index is 15.1. The number of hydrogen-bond donors (Lipinski definition) is 0. The normalized spacial score (nSPS) is 20.7. The zero-order chi connectivity index (χ0) is 23.1. The van der Waals surface area contributed by atoms with Gasteiger partial charge in [0.2, 0.25) is 0 Å². The van der Waals surface area contributed by atoms with Crippen LogP contribution in [0.2, 0.25) is 0 Å². The Labute approximate surface area is 192 Å². The van der Waals surface area contributed by atoms with E-state index in [0.717, 1.165) is 34.6 Å². The van der Waals surface area contributed by atoms with Gasteiger partial charge in [0.1, 0.15) is 26.9 Å². The minimum absolute atomic E-state index is 0.0271. The third-order valence-electron chi connectivity index (χ3n) is 6.71. The Morgan fingerprint density at radius 1 is 1.06 bits per heavy atom. The minimum atomic E-state index is -0.987. The summed E-state index contributed by atoms with van der Waals surface area (Å²) in [6.45, 7) is 7.44. The van der Waals surface area contributed by atoms with Gasteiger partial charge in [-0.15, -0.1) is 22.7 Å². The predicted octanol–water partition coefficient (Wildman–Crippen LogP) is 4.81. The second kappa shape index (κ2) is 7.06. The maximum absolute atomic E-state index is 15.1. The summed E-state index contributed by atoms with van der Waals surface area (Å²) in [5.74, 6) is -1.44. The molecule has 5 nitrogen and oxygen atoms in total. The molecule has 2 aliphatic rings. The van der Waals surface area contributed by atoms with Crippen molar-refractivity contribution in [3.63, 3.8) is 0 Å². The molecule has 168 valence electrons. The summed E-state index contributed by atoms with van der Waals surface area (Å²) in [7, 11) is 0.401. The Bertz CT molecular complexity index is 1200. The summed E-state index contributed by atoms with van der Waals surface area (Å²) >= 11 is 2.67. The van der Waals surface area contributed by atoms with E-state index in [9.17, 15) is 4.79 Å². The molecule has 0 N–H and O–H groups in total. The summed E-state index contributed by atoms with van der Waals surface area (Å²) in [6.07, 6.45) is 1.50. The lowest BCUT2D eigenvalue weighted by atomic mass is 9.78. The number of carbonyl (C=O) groups excluding carboxylic acids is 1. The number of aromatic nitrogens is 1. The van der Waals surface area contributed by atoms with E-state index in [-0.39, 0.29) is 17.0 Å². The molecule has 3 aromatic rings. The van der Waals surface area contributed by atoms with Crippen LogP contribution in [0, 0.1) is 11.6 Å². The number of hydrogen-bond acceptors (Lipinski definition) is 7. The van der Waals surface area contributed by atoms with Gasteiger partial charge in [0.25, 0.3) is 0 Å². The first-order valence-corrected chi connectivity index (χ1v) is 11.9. The molecule has 1 saturated heterocycles. The van der Waals surface area contributed by atoms with E-state index in [1.165, 1.54) is 29.8 Å². The number of carbonyl (C=O) groups is 1. The van der Waals surface area contributed by atoms with Crippen LogP contribution in [-0.4, -0.2) is 36.4 Å². The first-order valence-electron chi connectivity index (χ1n) is 10.3. The van der Waals surface area contributed by atoms with E-state index in [1.54, 1.807) is 0 Å². The van der Waals surface area contributed by atoms with Crippen molar-refractivity contribution in [2.75, 3.05) is 7.11 Å². The quantitative estimate of drug-likeness (QED) is 0.399. The third kappa shape index (κ3) is 3.22. The smallest absolute Gasteiger partial charge is 0.468 e. The van der Waals surface area contributed by atoms with Crippen molar-refractivity contribution in [1.29, 1.82) is 0 Å². The standard InChI is InChI=1S/C22H22BF2NO4S2/c1-20(2)21(3,4)30-23(29-20)12-9-13(24)11(8-14(12)25)17-26-18-15(31-17)10-16(32-18)22(6-7-22)19(27)28-5/h8-10H,6-7H2,1-5H3. The van der Waals surface area contributed by atoms with Crippen LogP contribution in [0.3, 0.4) is 0 Å². The Morgan fingerprint density at radius 2 is 1.72 bits per heavy atom. The van der Waals surface area contributed by atoms with Gasteiger partial charge in [-0.3, -0.25) is 4.79 Å². The Hall–Kier alpha value is -1.88. The highest BCUT2D eigenvalue weighted by molar-refractivity contribution is 7.28. The first kappa shape index (κ1) is 21.9. The highest BCUT2D eigenvalue weighted by atomic mass is 32.1. The second-order valence-corrected chi connectivity index (χ2v) is 11.4. The first-order chi connectivity index (χ1) is 15.0. The van der Waals surface area contributed by atoms with Crippen LogP contribution in [0.1, 0.15) is 45.4 Å². The van der Waals surface area contributed by atoms with Crippen molar-refractivity contribution >= 4 is 50.8 Å². The van der Waals surface area contributed by atoms with Crippen LogP contribution in [0.5, 0.6) is 0 Å². The monoisotopic (exact) mass is 477 g/mol. The van der Waals surface area contributed by atoms with Crippen molar-refractivity contribution in [3.05, 3.63) is 34.7 Å². The summed E-state index contributed by atoms with van der Waals surface area (Å²) in [5, 5.41) is 0.387. The SMILES string of the molecule is COC(=O)C1(c2cc3sc(-c4cc(F)c(B5OC(C)(C)C(C)(C)O5)cc4F)nc3s2)CC1. The molecule has 2 aromatic heterocycles. The van der Waals surface area contributed by atoms with Crippen molar-refractivity contribution in [2.24, 2.45) is 0 Å². The summed E-state index contributed by atoms with van der Waals surface area (Å²) in [4.78, 5) is 18.3. The number of halogens is 2. The molecule has 0 spiro atoms. The number of fused-ring (bicyclic) bond motifs is 1. The average Bonchev–Trinajstić information content (AvgIpc) is 3.20.